The summed E-state index contributed by atoms with van der Waals surface area (Å²) >= 11 is 0. The van der Waals surface area contributed by atoms with E-state index >= 15 is 0 Å². The predicted molar refractivity (Wildman–Crippen MR) is 75.5 cm³/mol. The topological polar surface area (TPSA) is 102 Å². The Morgan fingerprint density at radius 3 is 2.80 bits per heavy atom. The Morgan fingerprint density at radius 2 is 2.20 bits per heavy atom. The van der Waals surface area contributed by atoms with Crippen molar-refractivity contribution in [2.45, 2.75) is 25.4 Å². The number of aliphatic carboxylic acids is 1. The van der Waals surface area contributed by atoms with Gasteiger partial charge in [-0.2, -0.15) is 0 Å². The van der Waals surface area contributed by atoms with Gasteiger partial charge < -0.3 is 20.9 Å². The highest BCUT2D eigenvalue weighted by atomic mass is 16.5. The van der Waals surface area contributed by atoms with Crippen LogP contribution in [0.4, 0.5) is 5.69 Å². The number of carboxylic acid groups (broad SMARTS) is 1. The van der Waals surface area contributed by atoms with Crippen LogP contribution in [-0.2, 0) is 20.7 Å². The molecular formula is C14H20N2O4. The number of rotatable bonds is 8. The van der Waals surface area contributed by atoms with E-state index in [4.69, 9.17) is 15.6 Å². The van der Waals surface area contributed by atoms with Crippen LogP contribution < -0.4 is 11.1 Å². The molecule has 6 nitrogen and oxygen atoms in total. The molecule has 110 valence electrons. The highest BCUT2D eigenvalue weighted by Crippen LogP contribution is 2.13. The van der Waals surface area contributed by atoms with Crippen molar-refractivity contribution < 1.29 is 19.4 Å². The summed E-state index contributed by atoms with van der Waals surface area (Å²) in [4.78, 5) is 22.3. The summed E-state index contributed by atoms with van der Waals surface area (Å²) in [5, 5.41) is 11.4. The van der Waals surface area contributed by atoms with Gasteiger partial charge in [-0.25, -0.2) is 0 Å². The molecule has 1 aromatic rings. The lowest BCUT2D eigenvalue weighted by Crippen LogP contribution is -2.28. The van der Waals surface area contributed by atoms with Crippen molar-refractivity contribution in [3.05, 3.63) is 29.8 Å². The Hall–Kier alpha value is -1.92. The minimum absolute atomic E-state index is 0.0658. The Bertz CT molecular complexity index is 458. The number of carboxylic acids is 1. The van der Waals surface area contributed by atoms with Crippen molar-refractivity contribution in [1.82, 2.24) is 0 Å². The summed E-state index contributed by atoms with van der Waals surface area (Å²) in [6.45, 7) is 0.280. The smallest absolute Gasteiger partial charge is 0.303 e. The van der Waals surface area contributed by atoms with Crippen LogP contribution in [0.25, 0.3) is 0 Å². The number of carbonyl (C=O) groups excluding carboxylic acids is 1. The number of amides is 1. The molecule has 20 heavy (non-hydrogen) atoms. The van der Waals surface area contributed by atoms with E-state index in [2.05, 4.69) is 5.32 Å². The van der Waals surface area contributed by atoms with Gasteiger partial charge >= 0.3 is 5.97 Å². The van der Waals surface area contributed by atoms with E-state index in [0.717, 1.165) is 5.56 Å². The molecule has 0 aliphatic heterocycles. The van der Waals surface area contributed by atoms with Crippen molar-refractivity contribution in [3.63, 3.8) is 0 Å². The first-order valence-electron chi connectivity index (χ1n) is 6.38. The molecular weight excluding hydrogens is 260 g/mol. The first-order chi connectivity index (χ1) is 9.55. The van der Waals surface area contributed by atoms with E-state index in [0.29, 0.717) is 12.1 Å². The highest BCUT2D eigenvalue weighted by molar-refractivity contribution is 5.91. The number of ether oxygens (including phenoxy) is 1. The quantitative estimate of drug-likeness (QED) is 0.659. The number of nitrogens with one attached hydrogen (secondary N) is 1. The van der Waals surface area contributed by atoms with Crippen molar-refractivity contribution in [3.8, 4) is 0 Å². The number of nitrogens with two attached hydrogens (primary N) is 1. The monoisotopic (exact) mass is 280 g/mol. The second kappa shape index (κ2) is 8.29. The van der Waals surface area contributed by atoms with Crippen molar-refractivity contribution >= 4 is 17.6 Å². The summed E-state index contributed by atoms with van der Waals surface area (Å²) in [5.74, 6) is -1.02. The number of hydrogen-bond acceptors (Lipinski definition) is 4. The lowest BCUT2D eigenvalue weighted by molar-refractivity contribution is -0.137. The summed E-state index contributed by atoms with van der Waals surface area (Å²) in [7, 11) is 1.51. The second-order valence-electron chi connectivity index (χ2n) is 4.44. The molecule has 0 spiro atoms. The van der Waals surface area contributed by atoms with Crippen molar-refractivity contribution in [2.24, 2.45) is 5.73 Å². The summed E-state index contributed by atoms with van der Waals surface area (Å²) < 4.78 is 5.05. The van der Waals surface area contributed by atoms with Crippen LogP contribution >= 0.6 is 0 Å². The third kappa shape index (κ3) is 5.81. The van der Waals surface area contributed by atoms with E-state index in [1.807, 2.05) is 6.07 Å². The van der Waals surface area contributed by atoms with Gasteiger partial charge in [0.1, 0.15) is 0 Å². The van der Waals surface area contributed by atoms with Gasteiger partial charge in [0, 0.05) is 25.8 Å². The van der Waals surface area contributed by atoms with Crippen LogP contribution in [0.3, 0.4) is 0 Å². The molecule has 0 heterocycles. The van der Waals surface area contributed by atoms with E-state index < -0.39 is 5.97 Å². The summed E-state index contributed by atoms with van der Waals surface area (Å²) in [6, 6.07) is 7.14. The molecule has 4 N–H and O–H groups in total. The molecule has 0 saturated heterocycles. The van der Waals surface area contributed by atoms with Crippen molar-refractivity contribution in [2.75, 3.05) is 19.0 Å². The highest BCUT2D eigenvalue weighted by Gasteiger charge is 2.11. The third-order valence-electron chi connectivity index (χ3n) is 2.85. The van der Waals surface area contributed by atoms with Gasteiger partial charge in [0.05, 0.1) is 12.5 Å². The fourth-order valence-electron chi connectivity index (χ4n) is 1.74. The number of benzene rings is 1. The lowest BCUT2D eigenvalue weighted by Gasteiger charge is -2.13. The average molecular weight is 280 g/mol. The predicted octanol–water partition coefficient (Wildman–Crippen LogP) is 1.01. The Balaban J connectivity index is 2.56. The zero-order chi connectivity index (χ0) is 15.0. The number of carbonyl (C=O) groups is 2. The van der Waals surface area contributed by atoms with Gasteiger partial charge in [-0.05, 0) is 24.1 Å². The molecule has 1 unspecified atom stereocenters. The third-order valence-corrected chi connectivity index (χ3v) is 2.85. The Kier molecular flexibility index (Phi) is 6.69. The van der Waals surface area contributed by atoms with Crippen LogP contribution in [0.5, 0.6) is 0 Å². The summed E-state index contributed by atoms with van der Waals surface area (Å²) in [6.07, 6.45) is 0.385. The van der Waals surface area contributed by atoms with Crippen LogP contribution in [-0.4, -0.2) is 36.7 Å². The molecule has 0 aliphatic rings. The maximum absolute atomic E-state index is 11.8. The Labute approximate surface area is 117 Å². The van der Waals surface area contributed by atoms with Gasteiger partial charge in [0.15, 0.2) is 0 Å². The molecule has 1 rings (SSSR count). The van der Waals surface area contributed by atoms with Gasteiger partial charge in [0.2, 0.25) is 5.91 Å². The first kappa shape index (κ1) is 16.1. The van der Waals surface area contributed by atoms with Crippen LogP contribution in [0.2, 0.25) is 0 Å². The SMILES string of the molecule is COC(CN)CC(=O)Nc1cccc(CCC(=O)O)c1. The van der Waals surface area contributed by atoms with Gasteiger partial charge in [-0.1, -0.05) is 12.1 Å². The molecule has 1 atom stereocenters. The molecule has 0 aliphatic carbocycles. The molecule has 0 fully saturated rings. The number of methoxy groups -OCH3 is 1. The van der Waals surface area contributed by atoms with Crippen LogP contribution in [0, 0.1) is 0 Å². The minimum atomic E-state index is -0.842. The van der Waals surface area contributed by atoms with Gasteiger partial charge in [0.25, 0.3) is 0 Å². The van der Waals surface area contributed by atoms with E-state index in [9.17, 15) is 9.59 Å². The molecule has 1 aromatic carbocycles. The zero-order valence-electron chi connectivity index (χ0n) is 11.5. The first-order valence-corrected chi connectivity index (χ1v) is 6.38. The van der Waals surface area contributed by atoms with E-state index in [1.165, 1.54) is 7.11 Å². The maximum atomic E-state index is 11.8. The van der Waals surface area contributed by atoms with E-state index in [-0.39, 0.29) is 31.4 Å². The van der Waals surface area contributed by atoms with Gasteiger partial charge in [-0.3, -0.25) is 9.59 Å². The van der Waals surface area contributed by atoms with Gasteiger partial charge in [-0.15, -0.1) is 0 Å². The fourth-order valence-corrected chi connectivity index (χ4v) is 1.74. The second-order valence-corrected chi connectivity index (χ2v) is 4.44. The largest absolute Gasteiger partial charge is 0.481 e. The standard InChI is InChI=1S/C14H20N2O4/c1-20-12(9-15)8-13(17)16-11-4-2-3-10(7-11)5-6-14(18)19/h2-4,7,12H,5-6,8-9,15H2,1H3,(H,16,17)(H,18,19). The Morgan fingerprint density at radius 1 is 1.45 bits per heavy atom. The molecule has 0 saturated carbocycles. The maximum Gasteiger partial charge on any atom is 0.303 e. The fraction of sp³-hybridized carbons (Fsp3) is 0.429. The number of hydrogen-bond donors (Lipinski definition) is 3. The molecule has 1 amide bonds. The summed E-state index contributed by atoms with van der Waals surface area (Å²) in [5.41, 5.74) is 6.97. The van der Waals surface area contributed by atoms with Crippen molar-refractivity contribution in [1.29, 1.82) is 0 Å². The van der Waals surface area contributed by atoms with Crippen LogP contribution in [0.1, 0.15) is 18.4 Å². The lowest BCUT2D eigenvalue weighted by atomic mass is 10.1. The molecule has 0 radical (unpaired) electrons. The average Bonchev–Trinajstić information content (AvgIpc) is 2.43. The molecule has 0 aromatic heterocycles. The van der Waals surface area contributed by atoms with Crippen LogP contribution in [0.15, 0.2) is 24.3 Å². The normalized spacial score (nSPS) is 11.9. The molecule has 6 heteroatoms. The van der Waals surface area contributed by atoms with E-state index in [1.54, 1.807) is 18.2 Å². The number of anilines is 1. The minimum Gasteiger partial charge on any atom is -0.481 e. The number of aryl methyl sites for hydroxylation is 1. The molecule has 0 bridgehead atoms. The zero-order valence-corrected chi connectivity index (χ0v) is 11.5.